The molecule has 0 saturated carbocycles. The number of halogens is 1. The minimum absolute atomic E-state index is 0.599. The molecule has 1 aromatic carbocycles. The normalized spacial score (nSPS) is 12.7. The second-order valence-electron chi connectivity index (χ2n) is 4.72. The molecule has 0 aliphatic carbocycles. The molecule has 19 heavy (non-hydrogen) atoms. The minimum Gasteiger partial charge on any atom is -0.384 e. The summed E-state index contributed by atoms with van der Waals surface area (Å²) < 4.78 is 6.29. The van der Waals surface area contributed by atoms with Crippen LogP contribution in [0.15, 0.2) is 28.7 Å². The summed E-state index contributed by atoms with van der Waals surface area (Å²) in [5.41, 5.74) is 1.17. The molecule has 4 heteroatoms. The van der Waals surface area contributed by atoms with Gasteiger partial charge >= 0.3 is 0 Å². The second kappa shape index (κ2) is 9.34. The lowest BCUT2D eigenvalue weighted by Crippen LogP contribution is -2.38. The molecule has 1 rings (SSSR count). The van der Waals surface area contributed by atoms with Crippen molar-refractivity contribution >= 4 is 21.6 Å². The number of methoxy groups -OCH3 is 1. The van der Waals surface area contributed by atoms with Crippen molar-refractivity contribution in [3.8, 4) is 0 Å². The lowest BCUT2D eigenvalue weighted by atomic mass is 10.2. The van der Waals surface area contributed by atoms with Crippen LogP contribution in [0.1, 0.15) is 20.3 Å². The molecule has 0 amide bonds. The van der Waals surface area contributed by atoms with Crippen molar-refractivity contribution in [3.05, 3.63) is 28.7 Å². The van der Waals surface area contributed by atoms with E-state index in [4.69, 9.17) is 4.74 Å². The van der Waals surface area contributed by atoms with E-state index >= 15 is 0 Å². The molecular formula is C15H25BrN2O. The number of benzene rings is 1. The summed E-state index contributed by atoms with van der Waals surface area (Å²) in [6.45, 7) is 8.28. The summed E-state index contributed by atoms with van der Waals surface area (Å²) in [6, 6.07) is 8.89. The Kier molecular flexibility index (Phi) is 8.10. The van der Waals surface area contributed by atoms with Crippen LogP contribution >= 0.6 is 15.9 Å². The van der Waals surface area contributed by atoms with Gasteiger partial charge in [-0.25, -0.2) is 0 Å². The van der Waals surface area contributed by atoms with Crippen molar-refractivity contribution in [2.75, 3.05) is 38.7 Å². The van der Waals surface area contributed by atoms with E-state index in [1.54, 1.807) is 7.11 Å². The molecule has 1 unspecified atom stereocenters. The first-order valence-electron chi connectivity index (χ1n) is 6.89. The Morgan fingerprint density at radius 1 is 1.26 bits per heavy atom. The van der Waals surface area contributed by atoms with E-state index in [1.807, 2.05) is 0 Å². The summed E-state index contributed by atoms with van der Waals surface area (Å²) in [7, 11) is 1.76. The number of nitrogens with zero attached hydrogens (tertiary/aromatic N) is 1. The Morgan fingerprint density at radius 3 is 2.53 bits per heavy atom. The molecule has 0 bridgehead atoms. The molecule has 108 valence electrons. The van der Waals surface area contributed by atoms with E-state index in [9.17, 15) is 0 Å². The summed E-state index contributed by atoms with van der Waals surface area (Å²) in [6.07, 6.45) is 1.17. The molecule has 1 atom stereocenters. The lowest BCUT2D eigenvalue weighted by Gasteiger charge is -2.28. The zero-order valence-corrected chi connectivity index (χ0v) is 13.7. The van der Waals surface area contributed by atoms with Gasteiger partial charge in [0.15, 0.2) is 0 Å². The smallest absolute Gasteiger partial charge is 0.0589 e. The van der Waals surface area contributed by atoms with Crippen LogP contribution in [-0.2, 0) is 4.74 Å². The summed E-state index contributed by atoms with van der Waals surface area (Å²) in [5.74, 6) is 0. The van der Waals surface area contributed by atoms with Gasteiger partial charge in [0.25, 0.3) is 0 Å². The van der Waals surface area contributed by atoms with Gasteiger partial charge in [0, 0.05) is 42.9 Å². The van der Waals surface area contributed by atoms with Gasteiger partial charge in [-0.05, 0) is 37.6 Å². The number of nitrogens with one attached hydrogen (secondary N) is 1. The first kappa shape index (κ1) is 16.5. The zero-order valence-electron chi connectivity index (χ0n) is 12.2. The van der Waals surface area contributed by atoms with E-state index in [0.29, 0.717) is 6.04 Å². The van der Waals surface area contributed by atoms with Crippen LogP contribution in [0.2, 0.25) is 0 Å². The molecule has 0 heterocycles. The van der Waals surface area contributed by atoms with Crippen LogP contribution in [0.3, 0.4) is 0 Å². The van der Waals surface area contributed by atoms with Crippen molar-refractivity contribution in [2.24, 2.45) is 0 Å². The Hall–Kier alpha value is -0.580. The fourth-order valence-corrected chi connectivity index (χ4v) is 2.20. The van der Waals surface area contributed by atoms with Crippen molar-refractivity contribution < 1.29 is 4.74 Å². The highest BCUT2D eigenvalue weighted by Gasteiger charge is 2.10. The quantitative estimate of drug-likeness (QED) is 0.749. The van der Waals surface area contributed by atoms with Gasteiger partial charge in [0.1, 0.15) is 0 Å². The molecule has 0 saturated heterocycles. The predicted octanol–water partition coefficient (Wildman–Crippen LogP) is 3.61. The standard InChI is InChI=1S/C15H25BrN2O/c1-4-13(2)18(11-12-19-3)10-9-17-15-7-5-14(16)6-8-15/h5-8,13,17H,4,9-12H2,1-3H3. The van der Waals surface area contributed by atoms with Crippen molar-refractivity contribution in [2.45, 2.75) is 26.3 Å². The average Bonchev–Trinajstić information content (AvgIpc) is 2.43. The highest BCUT2D eigenvalue weighted by atomic mass is 79.9. The van der Waals surface area contributed by atoms with Gasteiger partial charge < -0.3 is 10.1 Å². The molecular weight excluding hydrogens is 304 g/mol. The number of rotatable bonds is 9. The van der Waals surface area contributed by atoms with Gasteiger partial charge in [-0.15, -0.1) is 0 Å². The van der Waals surface area contributed by atoms with Crippen LogP contribution in [0.25, 0.3) is 0 Å². The Bertz CT molecular complexity index is 343. The molecule has 0 spiro atoms. The SMILES string of the molecule is CCC(C)N(CCNc1ccc(Br)cc1)CCOC. The van der Waals surface area contributed by atoms with Crippen LogP contribution in [0.5, 0.6) is 0 Å². The van der Waals surface area contributed by atoms with E-state index in [-0.39, 0.29) is 0 Å². The summed E-state index contributed by atoms with van der Waals surface area (Å²) in [5, 5.41) is 3.45. The molecule has 1 N–H and O–H groups in total. The summed E-state index contributed by atoms with van der Waals surface area (Å²) in [4.78, 5) is 2.47. The van der Waals surface area contributed by atoms with Crippen molar-refractivity contribution in [1.29, 1.82) is 0 Å². The zero-order chi connectivity index (χ0) is 14.1. The average molecular weight is 329 g/mol. The molecule has 0 aliphatic rings. The van der Waals surface area contributed by atoms with E-state index in [2.05, 4.69) is 64.3 Å². The lowest BCUT2D eigenvalue weighted by molar-refractivity contribution is 0.126. The molecule has 0 aliphatic heterocycles. The van der Waals surface area contributed by atoms with Gasteiger partial charge in [0.05, 0.1) is 6.61 Å². The highest BCUT2D eigenvalue weighted by molar-refractivity contribution is 9.10. The maximum Gasteiger partial charge on any atom is 0.0589 e. The number of anilines is 1. The summed E-state index contributed by atoms with van der Waals surface area (Å²) >= 11 is 3.44. The third-order valence-corrected chi connectivity index (χ3v) is 3.90. The number of hydrogen-bond acceptors (Lipinski definition) is 3. The van der Waals surface area contributed by atoms with Crippen LogP contribution in [0.4, 0.5) is 5.69 Å². The van der Waals surface area contributed by atoms with E-state index < -0.39 is 0 Å². The third kappa shape index (κ3) is 6.41. The molecule has 1 aromatic rings. The highest BCUT2D eigenvalue weighted by Crippen LogP contribution is 2.14. The van der Waals surface area contributed by atoms with Crippen LogP contribution < -0.4 is 5.32 Å². The molecule has 0 fully saturated rings. The van der Waals surface area contributed by atoms with Gasteiger partial charge in [-0.2, -0.15) is 0 Å². The minimum atomic E-state index is 0.599. The van der Waals surface area contributed by atoms with E-state index in [0.717, 1.165) is 30.7 Å². The van der Waals surface area contributed by atoms with Crippen molar-refractivity contribution in [1.82, 2.24) is 4.90 Å². The van der Waals surface area contributed by atoms with Crippen molar-refractivity contribution in [3.63, 3.8) is 0 Å². The molecule has 0 radical (unpaired) electrons. The van der Waals surface area contributed by atoms with Gasteiger partial charge in [-0.3, -0.25) is 4.90 Å². The Balaban J connectivity index is 2.36. The fraction of sp³-hybridized carbons (Fsp3) is 0.600. The fourth-order valence-electron chi connectivity index (χ4n) is 1.93. The monoisotopic (exact) mass is 328 g/mol. The van der Waals surface area contributed by atoms with Crippen LogP contribution in [0, 0.1) is 0 Å². The number of ether oxygens (including phenoxy) is 1. The van der Waals surface area contributed by atoms with Gasteiger partial charge in [-0.1, -0.05) is 22.9 Å². The topological polar surface area (TPSA) is 24.5 Å². The molecule has 0 aromatic heterocycles. The van der Waals surface area contributed by atoms with Gasteiger partial charge in [0.2, 0.25) is 0 Å². The Labute approximate surface area is 125 Å². The third-order valence-electron chi connectivity index (χ3n) is 3.37. The Morgan fingerprint density at radius 2 is 1.95 bits per heavy atom. The first-order valence-corrected chi connectivity index (χ1v) is 7.69. The number of hydrogen-bond donors (Lipinski definition) is 1. The maximum absolute atomic E-state index is 5.18. The second-order valence-corrected chi connectivity index (χ2v) is 5.64. The molecule has 3 nitrogen and oxygen atoms in total. The van der Waals surface area contributed by atoms with Crippen LogP contribution in [-0.4, -0.2) is 44.3 Å². The largest absolute Gasteiger partial charge is 0.384 e. The maximum atomic E-state index is 5.18. The first-order chi connectivity index (χ1) is 9.17. The van der Waals surface area contributed by atoms with E-state index in [1.165, 1.54) is 12.1 Å². The predicted molar refractivity (Wildman–Crippen MR) is 85.8 cm³/mol.